The summed E-state index contributed by atoms with van der Waals surface area (Å²) in [5, 5.41) is 9.91. The Bertz CT molecular complexity index is 587. The molecule has 0 unspecified atom stereocenters. The Morgan fingerprint density at radius 1 is 1.32 bits per heavy atom. The van der Waals surface area contributed by atoms with Crippen molar-refractivity contribution < 1.29 is 14.6 Å². The SMILES string of the molecule is CO[C@@H]1C[C@H](C(=O)N2CCN(Cc3ncccc3C)CC2)CC[C@@H]1O. The number of amides is 1. The van der Waals surface area contributed by atoms with Gasteiger partial charge >= 0.3 is 0 Å². The molecule has 2 heterocycles. The van der Waals surface area contributed by atoms with Gasteiger partial charge in [-0.1, -0.05) is 6.07 Å². The maximum Gasteiger partial charge on any atom is 0.225 e. The third-order valence-corrected chi connectivity index (χ3v) is 5.58. The molecular formula is C19H29N3O3. The summed E-state index contributed by atoms with van der Waals surface area (Å²) >= 11 is 0. The third-order valence-electron chi connectivity index (χ3n) is 5.58. The zero-order valence-electron chi connectivity index (χ0n) is 15.2. The predicted octanol–water partition coefficient (Wildman–Crippen LogP) is 1.21. The average molecular weight is 347 g/mol. The summed E-state index contributed by atoms with van der Waals surface area (Å²) in [5.41, 5.74) is 2.33. The van der Waals surface area contributed by atoms with E-state index in [2.05, 4.69) is 22.9 Å². The third kappa shape index (κ3) is 4.37. The van der Waals surface area contributed by atoms with Gasteiger partial charge in [-0.3, -0.25) is 14.7 Å². The molecular weight excluding hydrogens is 318 g/mol. The Morgan fingerprint density at radius 2 is 2.08 bits per heavy atom. The minimum absolute atomic E-state index is 0.0158. The molecule has 1 saturated heterocycles. The number of piperazine rings is 1. The molecule has 0 aromatic carbocycles. The van der Waals surface area contributed by atoms with Crippen molar-refractivity contribution in [3.63, 3.8) is 0 Å². The van der Waals surface area contributed by atoms with Crippen LogP contribution < -0.4 is 0 Å². The van der Waals surface area contributed by atoms with Crippen LogP contribution in [0, 0.1) is 12.8 Å². The molecule has 1 aliphatic carbocycles. The van der Waals surface area contributed by atoms with Crippen molar-refractivity contribution in [2.75, 3.05) is 33.3 Å². The number of rotatable bonds is 4. The van der Waals surface area contributed by atoms with Gasteiger partial charge in [-0.25, -0.2) is 0 Å². The lowest BCUT2D eigenvalue weighted by Gasteiger charge is -2.38. The van der Waals surface area contributed by atoms with E-state index in [0.717, 1.165) is 44.8 Å². The molecule has 2 fully saturated rings. The summed E-state index contributed by atoms with van der Waals surface area (Å²) in [6.07, 6.45) is 3.22. The molecule has 1 N–H and O–H groups in total. The largest absolute Gasteiger partial charge is 0.390 e. The van der Waals surface area contributed by atoms with Crippen LogP contribution >= 0.6 is 0 Å². The lowest BCUT2D eigenvalue weighted by Crippen LogP contribution is -2.51. The molecule has 3 rings (SSSR count). The number of pyridine rings is 1. The monoisotopic (exact) mass is 347 g/mol. The fourth-order valence-corrected chi connectivity index (χ4v) is 3.87. The fourth-order valence-electron chi connectivity index (χ4n) is 3.87. The van der Waals surface area contributed by atoms with Gasteiger partial charge in [0.05, 0.1) is 17.9 Å². The molecule has 0 spiro atoms. The van der Waals surface area contributed by atoms with Gasteiger partial charge in [0, 0.05) is 51.9 Å². The standard InChI is InChI=1S/C19H29N3O3/c1-14-4-3-7-20-16(14)13-21-8-10-22(11-9-21)19(24)15-5-6-17(23)18(12-15)25-2/h3-4,7,15,17-18,23H,5-6,8-13H2,1-2H3/t15-,17+,18-/m1/s1. The number of aryl methyl sites for hydroxylation is 1. The van der Waals surface area contributed by atoms with Crippen molar-refractivity contribution >= 4 is 5.91 Å². The van der Waals surface area contributed by atoms with E-state index >= 15 is 0 Å². The number of carbonyl (C=O) groups is 1. The van der Waals surface area contributed by atoms with Crippen molar-refractivity contribution in [1.29, 1.82) is 0 Å². The fraction of sp³-hybridized carbons (Fsp3) is 0.684. The van der Waals surface area contributed by atoms with Crippen LogP contribution in [-0.2, 0) is 16.1 Å². The summed E-state index contributed by atoms with van der Waals surface area (Å²) in [7, 11) is 1.61. The van der Waals surface area contributed by atoms with Crippen LogP contribution in [0.5, 0.6) is 0 Å². The number of ether oxygens (including phenoxy) is 1. The molecule has 0 bridgehead atoms. The van der Waals surface area contributed by atoms with Crippen molar-refractivity contribution in [2.24, 2.45) is 5.92 Å². The molecule has 3 atom stereocenters. The quantitative estimate of drug-likeness (QED) is 0.887. The van der Waals surface area contributed by atoms with Gasteiger partial charge in [-0.2, -0.15) is 0 Å². The Morgan fingerprint density at radius 3 is 2.76 bits per heavy atom. The van der Waals surface area contributed by atoms with Crippen molar-refractivity contribution in [1.82, 2.24) is 14.8 Å². The van der Waals surface area contributed by atoms with Crippen LogP contribution in [0.3, 0.4) is 0 Å². The average Bonchev–Trinajstić information content (AvgIpc) is 2.64. The summed E-state index contributed by atoms with van der Waals surface area (Å²) in [6, 6.07) is 4.05. The highest BCUT2D eigenvalue weighted by atomic mass is 16.5. The van der Waals surface area contributed by atoms with Crippen molar-refractivity contribution in [3.8, 4) is 0 Å². The predicted molar refractivity (Wildman–Crippen MR) is 95.0 cm³/mol. The molecule has 1 saturated carbocycles. The zero-order chi connectivity index (χ0) is 17.8. The first-order chi connectivity index (χ1) is 12.1. The van der Waals surface area contributed by atoms with Crippen LogP contribution in [0.4, 0.5) is 0 Å². The molecule has 1 aliphatic heterocycles. The van der Waals surface area contributed by atoms with E-state index in [1.165, 1.54) is 5.56 Å². The maximum atomic E-state index is 12.8. The highest BCUT2D eigenvalue weighted by molar-refractivity contribution is 5.79. The molecule has 1 amide bonds. The number of hydrogen-bond donors (Lipinski definition) is 1. The second-order valence-corrected chi connectivity index (χ2v) is 7.22. The van der Waals surface area contributed by atoms with E-state index in [-0.39, 0.29) is 17.9 Å². The minimum Gasteiger partial charge on any atom is -0.390 e. The highest BCUT2D eigenvalue weighted by Crippen LogP contribution is 2.28. The number of aromatic nitrogens is 1. The first kappa shape index (κ1) is 18.3. The van der Waals surface area contributed by atoms with Gasteiger partial charge in [0.25, 0.3) is 0 Å². The second kappa shape index (κ2) is 8.25. The molecule has 25 heavy (non-hydrogen) atoms. The van der Waals surface area contributed by atoms with Crippen LogP contribution in [0.1, 0.15) is 30.5 Å². The van der Waals surface area contributed by atoms with E-state index in [9.17, 15) is 9.90 Å². The number of nitrogens with zero attached hydrogens (tertiary/aromatic N) is 3. The summed E-state index contributed by atoms with van der Waals surface area (Å²) in [5.74, 6) is 0.209. The Balaban J connectivity index is 1.50. The molecule has 138 valence electrons. The Hall–Kier alpha value is -1.50. The molecule has 1 aromatic heterocycles. The van der Waals surface area contributed by atoms with E-state index in [1.807, 2.05) is 17.2 Å². The number of hydrogen-bond acceptors (Lipinski definition) is 5. The summed E-state index contributed by atoms with van der Waals surface area (Å²) < 4.78 is 5.33. The van der Waals surface area contributed by atoms with Crippen LogP contribution in [0.2, 0.25) is 0 Å². The molecule has 0 radical (unpaired) electrons. The zero-order valence-corrected chi connectivity index (χ0v) is 15.2. The number of aliphatic hydroxyl groups excluding tert-OH is 1. The van der Waals surface area contributed by atoms with Gasteiger partial charge in [-0.15, -0.1) is 0 Å². The van der Waals surface area contributed by atoms with E-state index in [1.54, 1.807) is 7.11 Å². The van der Waals surface area contributed by atoms with Crippen molar-refractivity contribution in [3.05, 3.63) is 29.6 Å². The first-order valence-electron chi connectivity index (χ1n) is 9.21. The molecule has 6 heteroatoms. The summed E-state index contributed by atoms with van der Waals surface area (Å²) in [6.45, 7) is 6.22. The van der Waals surface area contributed by atoms with Crippen molar-refractivity contribution in [2.45, 2.75) is 44.9 Å². The van der Waals surface area contributed by atoms with Gasteiger partial charge in [0.1, 0.15) is 0 Å². The topological polar surface area (TPSA) is 65.9 Å². The van der Waals surface area contributed by atoms with Gasteiger partial charge in [0.2, 0.25) is 5.91 Å². The molecule has 1 aromatic rings. The number of methoxy groups -OCH3 is 1. The summed E-state index contributed by atoms with van der Waals surface area (Å²) in [4.78, 5) is 21.6. The van der Waals surface area contributed by atoms with Gasteiger partial charge in [-0.05, 0) is 37.8 Å². The lowest BCUT2D eigenvalue weighted by atomic mass is 9.84. The van der Waals surface area contributed by atoms with Gasteiger partial charge < -0.3 is 14.7 Å². The highest BCUT2D eigenvalue weighted by Gasteiger charge is 2.35. The second-order valence-electron chi connectivity index (χ2n) is 7.22. The van der Waals surface area contributed by atoms with E-state index in [4.69, 9.17) is 4.74 Å². The van der Waals surface area contributed by atoms with E-state index in [0.29, 0.717) is 12.8 Å². The number of aliphatic hydroxyl groups is 1. The van der Waals surface area contributed by atoms with Gasteiger partial charge in [0.15, 0.2) is 0 Å². The van der Waals surface area contributed by atoms with Crippen LogP contribution in [0.25, 0.3) is 0 Å². The Labute approximate surface area is 149 Å². The number of carbonyl (C=O) groups excluding carboxylic acids is 1. The first-order valence-corrected chi connectivity index (χ1v) is 9.21. The Kier molecular flexibility index (Phi) is 6.04. The maximum absolute atomic E-state index is 12.8. The van der Waals surface area contributed by atoms with Crippen LogP contribution in [0.15, 0.2) is 18.3 Å². The molecule has 6 nitrogen and oxygen atoms in total. The van der Waals surface area contributed by atoms with Crippen LogP contribution in [-0.4, -0.2) is 71.3 Å². The smallest absolute Gasteiger partial charge is 0.225 e. The minimum atomic E-state index is -0.437. The lowest BCUT2D eigenvalue weighted by molar-refractivity contribution is -0.142. The molecule has 2 aliphatic rings. The normalized spacial score (nSPS) is 28.1. The van der Waals surface area contributed by atoms with E-state index < -0.39 is 6.10 Å².